The van der Waals surface area contributed by atoms with Crippen molar-refractivity contribution in [2.45, 2.75) is 19.8 Å². The number of pyridine rings is 1. The van der Waals surface area contributed by atoms with Crippen molar-refractivity contribution < 1.29 is 4.79 Å². The first-order chi connectivity index (χ1) is 12.7. The maximum atomic E-state index is 12.4. The van der Waals surface area contributed by atoms with Gasteiger partial charge in [0, 0.05) is 18.9 Å². The van der Waals surface area contributed by atoms with Gasteiger partial charge in [-0.1, -0.05) is 0 Å². The summed E-state index contributed by atoms with van der Waals surface area (Å²) in [5, 5.41) is 7.31. The fraction of sp³-hybridized carbons (Fsp3) is 0.278. The van der Waals surface area contributed by atoms with Crippen LogP contribution < -0.4 is 11.1 Å². The van der Waals surface area contributed by atoms with Crippen LogP contribution in [0.15, 0.2) is 43.0 Å². The van der Waals surface area contributed by atoms with E-state index in [4.69, 9.17) is 5.73 Å². The van der Waals surface area contributed by atoms with E-state index in [0.29, 0.717) is 30.2 Å². The SMILES string of the molecule is Cc1cnc(-c2cc(C(=O)NCCCCN)nn2-c2cccnc2)cn1. The zero-order valence-corrected chi connectivity index (χ0v) is 14.6. The molecule has 0 aliphatic rings. The Morgan fingerprint density at radius 3 is 2.81 bits per heavy atom. The van der Waals surface area contributed by atoms with Crippen LogP contribution in [0.1, 0.15) is 29.0 Å². The molecule has 134 valence electrons. The molecule has 0 fully saturated rings. The van der Waals surface area contributed by atoms with Crippen molar-refractivity contribution in [2.24, 2.45) is 5.73 Å². The fourth-order valence-corrected chi connectivity index (χ4v) is 2.44. The molecule has 0 aliphatic heterocycles. The molecule has 3 heterocycles. The van der Waals surface area contributed by atoms with Gasteiger partial charge in [0.15, 0.2) is 5.69 Å². The van der Waals surface area contributed by atoms with E-state index in [0.717, 1.165) is 24.2 Å². The first kappa shape index (κ1) is 17.7. The van der Waals surface area contributed by atoms with Gasteiger partial charge in [0.1, 0.15) is 5.69 Å². The predicted molar refractivity (Wildman–Crippen MR) is 97.7 cm³/mol. The van der Waals surface area contributed by atoms with Crippen LogP contribution in [-0.2, 0) is 0 Å². The van der Waals surface area contributed by atoms with E-state index in [1.165, 1.54) is 0 Å². The number of amides is 1. The number of hydrogen-bond donors (Lipinski definition) is 2. The average Bonchev–Trinajstić information content (AvgIpc) is 3.12. The lowest BCUT2D eigenvalue weighted by atomic mass is 10.2. The lowest BCUT2D eigenvalue weighted by molar-refractivity contribution is 0.0947. The summed E-state index contributed by atoms with van der Waals surface area (Å²) in [5.41, 5.74) is 8.66. The summed E-state index contributed by atoms with van der Waals surface area (Å²) >= 11 is 0. The highest BCUT2D eigenvalue weighted by molar-refractivity contribution is 5.93. The molecule has 0 bridgehead atoms. The topological polar surface area (TPSA) is 112 Å². The molecule has 26 heavy (non-hydrogen) atoms. The van der Waals surface area contributed by atoms with Crippen LogP contribution in [0.3, 0.4) is 0 Å². The molecule has 0 aliphatic carbocycles. The zero-order valence-electron chi connectivity index (χ0n) is 14.6. The Morgan fingerprint density at radius 2 is 2.12 bits per heavy atom. The number of nitrogens with two attached hydrogens (primary N) is 1. The van der Waals surface area contributed by atoms with E-state index in [1.807, 2.05) is 19.1 Å². The summed E-state index contributed by atoms with van der Waals surface area (Å²) < 4.78 is 1.65. The molecule has 3 aromatic rings. The lowest BCUT2D eigenvalue weighted by Gasteiger charge is -2.06. The largest absolute Gasteiger partial charge is 0.351 e. The van der Waals surface area contributed by atoms with Crippen molar-refractivity contribution in [3.8, 4) is 17.1 Å². The summed E-state index contributed by atoms with van der Waals surface area (Å²) in [7, 11) is 0. The van der Waals surface area contributed by atoms with Crippen molar-refractivity contribution >= 4 is 5.91 Å². The third kappa shape index (κ3) is 4.09. The number of unbranched alkanes of at least 4 members (excludes halogenated alkanes) is 1. The second kappa shape index (κ2) is 8.30. The molecule has 8 heteroatoms. The van der Waals surface area contributed by atoms with Gasteiger partial charge in [0.2, 0.25) is 0 Å². The Bertz CT molecular complexity index is 859. The molecular weight excluding hydrogens is 330 g/mol. The molecule has 1 amide bonds. The molecule has 3 N–H and O–H groups in total. The van der Waals surface area contributed by atoms with E-state index < -0.39 is 0 Å². The molecule has 8 nitrogen and oxygen atoms in total. The summed E-state index contributed by atoms with van der Waals surface area (Å²) in [6, 6.07) is 5.40. The number of aryl methyl sites for hydroxylation is 1. The molecule has 0 aromatic carbocycles. The van der Waals surface area contributed by atoms with Gasteiger partial charge in [-0.3, -0.25) is 19.7 Å². The Morgan fingerprint density at radius 1 is 1.23 bits per heavy atom. The third-order valence-corrected chi connectivity index (χ3v) is 3.79. The third-order valence-electron chi connectivity index (χ3n) is 3.79. The van der Waals surface area contributed by atoms with Gasteiger partial charge in [0.25, 0.3) is 5.91 Å². The first-order valence-electron chi connectivity index (χ1n) is 8.47. The molecule has 3 aromatic heterocycles. The van der Waals surface area contributed by atoms with Crippen LogP contribution in [0.2, 0.25) is 0 Å². The van der Waals surface area contributed by atoms with Gasteiger partial charge in [-0.05, 0) is 44.5 Å². The molecule has 0 spiro atoms. The van der Waals surface area contributed by atoms with Crippen LogP contribution >= 0.6 is 0 Å². The quantitative estimate of drug-likeness (QED) is 0.624. The van der Waals surface area contributed by atoms with E-state index >= 15 is 0 Å². The second-order valence-corrected chi connectivity index (χ2v) is 5.83. The summed E-state index contributed by atoms with van der Waals surface area (Å²) in [6.07, 6.45) is 8.42. The van der Waals surface area contributed by atoms with Crippen molar-refractivity contribution in [1.82, 2.24) is 30.0 Å². The summed E-state index contributed by atoms with van der Waals surface area (Å²) in [6.45, 7) is 3.05. The first-order valence-corrected chi connectivity index (χ1v) is 8.47. The summed E-state index contributed by atoms with van der Waals surface area (Å²) in [4.78, 5) is 25.2. The minimum absolute atomic E-state index is 0.231. The highest BCUT2D eigenvalue weighted by Crippen LogP contribution is 2.21. The van der Waals surface area contributed by atoms with Crippen LogP contribution in [0, 0.1) is 6.92 Å². The Labute approximate surface area is 151 Å². The van der Waals surface area contributed by atoms with Gasteiger partial charge in [-0.2, -0.15) is 5.10 Å². The molecule has 0 atom stereocenters. The Balaban J connectivity index is 1.93. The monoisotopic (exact) mass is 351 g/mol. The number of rotatable bonds is 7. The maximum Gasteiger partial charge on any atom is 0.271 e. The molecule has 0 radical (unpaired) electrons. The van der Waals surface area contributed by atoms with Gasteiger partial charge >= 0.3 is 0 Å². The molecule has 0 saturated carbocycles. The molecule has 0 saturated heterocycles. The predicted octanol–water partition coefficient (Wildman–Crippen LogP) is 1.50. The number of nitrogens with zero attached hydrogens (tertiary/aromatic N) is 5. The van der Waals surface area contributed by atoms with Crippen LogP contribution in [0.4, 0.5) is 0 Å². The fourth-order valence-electron chi connectivity index (χ4n) is 2.44. The average molecular weight is 351 g/mol. The van der Waals surface area contributed by atoms with Crippen molar-refractivity contribution in [3.05, 3.63) is 54.4 Å². The second-order valence-electron chi connectivity index (χ2n) is 5.83. The number of aromatic nitrogens is 5. The number of carbonyl (C=O) groups is 1. The summed E-state index contributed by atoms with van der Waals surface area (Å²) in [5.74, 6) is -0.231. The maximum absolute atomic E-state index is 12.4. The van der Waals surface area contributed by atoms with Crippen molar-refractivity contribution in [1.29, 1.82) is 0 Å². The van der Waals surface area contributed by atoms with E-state index in [2.05, 4.69) is 25.4 Å². The number of nitrogens with one attached hydrogen (secondary N) is 1. The van der Waals surface area contributed by atoms with Crippen LogP contribution in [-0.4, -0.2) is 43.7 Å². The zero-order chi connectivity index (χ0) is 18.4. The van der Waals surface area contributed by atoms with E-state index in [9.17, 15) is 4.79 Å². The van der Waals surface area contributed by atoms with Gasteiger partial charge in [0.05, 0.1) is 29.5 Å². The van der Waals surface area contributed by atoms with E-state index in [1.54, 1.807) is 35.5 Å². The highest BCUT2D eigenvalue weighted by atomic mass is 16.1. The Hall–Kier alpha value is -3.13. The number of carbonyl (C=O) groups excluding carboxylic acids is 1. The van der Waals surface area contributed by atoms with Gasteiger partial charge in [-0.25, -0.2) is 4.68 Å². The molecule has 3 rings (SSSR count). The Kier molecular flexibility index (Phi) is 5.65. The van der Waals surface area contributed by atoms with Gasteiger partial charge in [-0.15, -0.1) is 0 Å². The molecule has 0 unspecified atom stereocenters. The highest BCUT2D eigenvalue weighted by Gasteiger charge is 2.17. The number of hydrogen-bond acceptors (Lipinski definition) is 6. The smallest absolute Gasteiger partial charge is 0.271 e. The standard InChI is InChI=1S/C18H21N7O/c1-13-10-23-16(12-22-13)17-9-15(18(26)21-8-3-2-6-19)24-25(17)14-5-4-7-20-11-14/h4-5,7,9-12H,2-3,6,8,19H2,1H3,(H,21,26). The van der Waals surface area contributed by atoms with E-state index in [-0.39, 0.29) is 5.91 Å². The van der Waals surface area contributed by atoms with Crippen molar-refractivity contribution in [2.75, 3.05) is 13.1 Å². The minimum atomic E-state index is -0.231. The molecular formula is C18H21N7O. The van der Waals surface area contributed by atoms with Crippen LogP contribution in [0.5, 0.6) is 0 Å². The minimum Gasteiger partial charge on any atom is -0.351 e. The van der Waals surface area contributed by atoms with Crippen LogP contribution in [0.25, 0.3) is 17.1 Å². The van der Waals surface area contributed by atoms with Gasteiger partial charge < -0.3 is 11.1 Å². The van der Waals surface area contributed by atoms with Crippen molar-refractivity contribution in [3.63, 3.8) is 0 Å². The lowest BCUT2D eigenvalue weighted by Crippen LogP contribution is -2.25. The normalized spacial score (nSPS) is 10.7.